The number of non-ortho nitro benzene ring substituents is 1. The Hall–Kier alpha value is -3.25. The van der Waals surface area contributed by atoms with E-state index in [1.54, 1.807) is 24.3 Å². The fourth-order valence-electron chi connectivity index (χ4n) is 3.43. The van der Waals surface area contributed by atoms with Gasteiger partial charge in [0.1, 0.15) is 0 Å². The first kappa shape index (κ1) is 16.2. The summed E-state index contributed by atoms with van der Waals surface area (Å²) < 4.78 is 2.14. The number of hydrogen-bond donors (Lipinski definition) is 0. The second-order valence-electron chi connectivity index (χ2n) is 6.46. The van der Waals surface area contributed by atoms with Gasteiger partial charge >= 0.3 is 0 Å². The average molecular weight is 346 g/mol. The fraction of sp³-hybridized carbons (Fsp3) is 0.150. The van der Waals surface area contributed by atoms with Crippen molar-refractivity contribution >= 4 is 22.2 Å². The lowest BCUT2D eigenvalue weighted by Crippen LogP contribution is -2.23. The van der Waals surface area contributed by atoms with E-state index in [0.717, 1.165) is 27.8 Å². The topological polar surface area (TPSA) is 63.7 Å². The van der Waals surface area contributed by atoms with Gasteiger partial charge in [0.25, 0.3) is 5.69 Å². The van der Waals surface area contributed by atoms with Crippen LogP contribution in [0.5, 0.6) is 0 Å². The molecular formula is C20H18N4O2. The molecule has 0 bridgehead atoms. The Balaban J connectivity index is 1.94. The van der Waals surface area contributed by atoms with Crippen LogP contribution in [0.2, 0.25) is 0 Å². The third-order valence-electron chi connectivity index (χ3n) is 4.59. The highest BCUT2D eigenvalue weighted by Gasteiger charge is 2.23. The van der Waals surface area contributed by atoms with Gasteiger partial charge in [-0.05, 0) is 43.9 Å². The molecule has 6 heteroatoms. The lowest BCUT2D eigenvalue weighted by Gasteiger charge is -2.25. The van der Waals surface area contributed by atoms with Crippen LogP contribution in [0.4, 0.5) is 5.69 Å². The molecule has 0 aliphatic rings. The SMILES string of the molecule is CN(C)C(c1ccc([N+](=O)[O-])cc1)c1nc2ccccc2n2cccc12. The predicted octanol–water partition coefficient (Wildman–Crippen LogP) is 4.05. The zero-order valence-corrected chi connectivity index (χ0v) is 14.5. The van der Waals surface area contributed by atoms with E-state index in [2.05, 4.69) is 21.4 Å². The highest BCUT2D eigenvalue weighted by atomic mass is 16.6. The molecule has 2 aromatic carbocycles. The third-order valence-corrected chi connectivity index (χ3v) is 4.59. The minimum Gasteiger partial charge on any atom is -0.313 e. The zero-order chi connectivity index (χ0) is 18.3. The van der Waals surface area contributed by atoms with E-state index in [1.807, 2.05) is 44.6 Å². The van der Waals surface area contributed by atoms with Gasteiger partial charge in [-0.3, -0.25) is 15.0 Å². The molecule has 0 radical (unpaired) electrons. The maximum Gasteiger partial charge on any atom is 0.269 e. The van der Waals surface area contributed by atoms with Gasteiger partial charge in [0, 0.05) is 18.3 Å². The van der Waals surface area contributed by atoms with Crippen molar-refractivity contribution in [2.24, 2.45) is 0 Å². The van der Waals surface area contributed by atoms with Gasteiger partial charge in [-0.25, -0.2) is 4.98 Å². The van der Waals surface area contributed by atoms with Gasteiger partial charge in [-0.1, -0.05) is 24.3 Å². The van der Waals surface area contributed by atoms with E-state index in [0.29, 0.717) is 0 Å². The predicted molar refractivity (Wildman–Crippen MR) is 101 cm³/mol. The number of nitro benzene ring substituents is 1. The van der Waals surface area contributed by atoms with E-state index in [4.69, 9.17) is 4.98 Å². The summed E-state index contributed by atoms with van der Waals surface area (Å²) in [6.45, 7) is 0. The number of aromatic nitrogens is 2. The van der Waals surface area contributed by atoms with Crippen molar-refractivity contribution in [3.63, 3.8) is 0 Å². The van der Waals surface area contributed by atoms with Crippen LogP contribution in [0.1, 0.15) is 17.3 Å². The summed E-state index contributed by atoms with van der Waals surface area (Å²) in [5.74, 6) is 0. The molecule has 0 saturated heterocycles. The van der Waals surface area contributed by atoms with Crippen LogP contribution in [-0.4, -0.2) is 33.3 Å². The lowest BCUT2D eigenvalue weighted by molar-refractivity contribution is -0.384. The van der Waals surface area contributed by atoms with Crippen molar-refractivity contribution in [2.45, 2.75) is 6.04 Å². The first-order valence-electron chi connectivity index (χ1n) is 8.33. The molecule has 130 valence electrons. The number of nitrogens with zero attached hydrogens (tertiary/aromatic N) is 4. The molecule has 4 rings (SSSR count). The molecule has 4 aromatic rings. The van der Waals surface area contributed by atoms with Crippen molar-refractivity contribution in [1.29, 1.82) is 0 Å². The molecular weight excluding hydrogens is 328 g/mol. The van der Waals surface area contributed by atoms with Crippen LogP contribution in [0, 0.1) is 10.1 Å². The second-order valence-corrected chi connectivity index (χ2v) is 6.46. The second kappa shape index (κ2) is 6.24. The molecule has 2 aromatic heterocycles. The molecule has 1 unspecified atom stereocenters. The van der Waals surface area contributed by atoms with E-state index in [1.165, 1.54) is 0 Å². The normalized spacial score (nSPS) is 12.7. The highest BCUT2D eigenvalue weighted by molar-refractivity contribution is 5.80. The summed E-state index contributed by atoms with van der Waals surface area (Å²) in [6.07, 6.45) is 2.03. The Bertz CT molecular complexity index is 1100. The first-order chi connectivity index (χ1) is 12.6. The molecule has 0 aliphatic carbocycles. The van der Waals surface area contributed by atoms with Crippen molar-refractivity contribution in [3.05, 3.63) is 88.2 Å². The van der Waals surface area contributed by atoms with Crippen LogP contribution in [0.25, 0.3) is 16.6 Å². The molecule has 2 heterocycles. The minimum atomic E-state index is -0.381. The Kier molecular flexibility index (Phi) is 3.89. The van der Waals surface area contributed by atoms with E-state index < -0.39 is 0 Å². The third kappa shape index (κ3) is 2.60. The molecule has 0 N–H and O–H groups in total. The van der Waals surface area contributed by atoms with Gasteiger partial charge in [0.2, 0.25) is 0 Å². The van der Waals surface area contributed by atoms with Crippen molar-refractivity contribution in [3.8, 4) is 0 Å². The number of benzene rings is 2. The first-order valence-corrected chi connectivity index (χ1v) is 8.33. The summed E-state index contributed by atoms with van der Waals surface area (Å²) in [6, 6.07) is 18.7. The molecule has 6 nitrogen and oxygen atoms in total. The molecule has 0 amide bonds. The van der Waals surface area contributed by atoms with Crippen LogP contribution in [0.15, 0.2) is 66.9 Å². The standard InChI is InChI=1S/C20H18N4O2/c1-22(2)20(14-9-11-15(12-10-14)24(25)26)19-18-8-5-13-23(18)17-7-4-3-6-16(17)21-19/h3-13,20H,1-2H3. The Labute approximate surface area is 150 Å². The molecule has 26 heavy (non-hydrogen) atoms. The van der Waals surface area contributed by atoms with Gasteiger partial charge in [-0.15, -0.1) is 0 Å². The van der Waals surface area contributed by atoms with E-state index in [9.17, 15) is 10.1 Å². The molecule has 0 aliphatic heterocycles. The van der Waals surface area contributed by atoms with Crippen molar-refractivity contribution in [1.82, 2.24) is 14.3 Å². The maximum atomic E-state index is 11.0. The van der Waals surface area contributed by atoms with Gasteiger partial charge in [0.15, 0.2) is 0 Å². The molecule has 0 fully saturated rings. The van der Waals surface area contributed by atoms with Crippen molar-refractivity contribution < 1.29 is 4.92 Å². The largest absolute Gasteiger partial charge is 0.313 e. The summed E-state index contributed by atoms with van der Waals surface area (Å²) in [5.41, 5.74) is 4.97. The highest BCUT2D eigenvalue weighted by Crippen LogP contribution is 2.31. The number of hydrogen-bond acceptors (Lipinski definition) is 4. The van der Waals surface area contributed by atoms with Gasteiger partial charge < -0.3 is 4.40 Å². The monoisotopic (exact) mass is 346 g/mol. The summed E-state index contributed by atoms with van der Waals surface area (Å²) in [7, 11) is 3.98. The Morgan fingerprint density at radius 2 is 1.69 bits per heavy atom. The average Bonchev–Trinajstić information content (AvgIpc) is 3.12. The smallest absolute Gasteiger partial charge is 0.269 e. The fourth-order valence-corrected chi connectivity index (χ4v) is 3.43. The molecule has 0 saturated carbocycles. The van der Waals surface area contributed by atoms with E-state index >= 15 is 0 Å². The number of para-hydroxylation sites is 2. The number of nitro groups is 1. The van der Waals surface area contributed by atoms with E-state index in [-0.39, 0.29) is 16.7 Å². The lowest BCUT2D eigenvalue weighted by atomic mass is 10.0. The van der Waals surface area contributed by atoms with Crippen LogP contribution < -0.4 is 0 Å². The van der Waals surface area contributed by atoms with Crippen LogP contribution in [0.3, 0.4) is 0 Å². The quantitative estimate of drug-likeness (QED) is 0.413. The Morgan fingerprint density at radius 1 is 1.00 bits per heavy atom. The molecule has 0 spiro atoms. The Morgan fingerprint density at radius 3 is 2.38 bits per heavy atom. The van der Waals surface area contributed by atoms with Gasteiger partial charge in [-0.2, -0.15) is 0 Å². The summed E-state index contributed by atoms with van der Waals surface area (Å²) in [4.78, 5) is 17.6. The minimum absolute atomic E-state index is 0.0885. The van der Waals surface area contributed by atoms with Crippen molar-refractivity contribution in [2.75, 3.05) is 14.1 Å². The van der Waals surface area contributed by atoms with Crippen LogP contribution >= 0.6 is 0 Å². The zero-order valence-electron chi connectivity index (χ0n) is 14.5. The summed E-state index contributed by atoms with van der Waals surface area (Å²) in [5, 5.41) is 11.0. The molecule has 1 atom stereocenters. The number of fused-ring (bicyclic) bond motifs is 3. The maximum absolute atomic E-state index is 11.0. The van der Waals surface area contributed by atoms with Gasteiger partial charge in [0.05, 0.1) is 33.2 Å². The summed E-state index contributed by atoms with van der Waals surface area (Å²) >= 11 is 0. The van der Waals surface area contributed by atoms with Crippen LogP contribution in [-0.2, 0) is 0 Å². The number of rotatable bonds is 4.